The van der Waals surface area contributed by atoms with Gasteiger partial charge in [-0.15, -0.1) is 0 Å². The molecule has 0 radical (unpaired) electrons. The van der Waals surface area contributed by atoms with Crippen LogP contribution in [0.2, 0.25) is 5.02 Å². The lowest BCUT2D eigenvalue weighted by molar-refractivity contribution is -0.117. The number of hydrogen-bond donors (Lipinski definition) is 1. The van der Waals surface area contributed by atoms with Crippen LogP contribution in [-0.2, 0) is 11.3 Å². The van der Waals surface area contributed by atoms with Gasteiger partial charge < -0.3 is 15.0 Å². The summed E-state index contributed by atoms with van der Waals surface area (Å²) in [7, 11) is 0. The zero-order chi connectivity index (χ0) is 19.4. The predicted molar refractivity (Wildman–Crippen MR) is 106 cm³/mol. The number of amides is 2. The third-order valence-corrected chi connectivity index (χ3v) is 4.53. The minimum absolute atomic E-state index is 0.0487. The highest BCUT2D eigenvalue weighted by atomic mass is 35.5. The minimum atomic E-state index is -0.254. The van der Waals surface area contributed by atoms with Gasteiger partial charge in [0.25, 0.3) is 5.91 Å². The molecule has 1 heterocycles. The molecule has 2 aromatic rings. The SMILES string of the molecule is CC(C)Oc1ccc(Cl)cc1C(=O)NCc1cccc(N2CCCC2=O)c1. The van der Waals surface area contributed by atoms with Crippen molar-refractivity contribution in [2.75, 3.05) is 11.4 Å². The molecule has 1 aliphatic rings. The first-order valence-electron chi connectivity index (χ1n) is 9.08. The standard InChI is InChI=1S/C21H23ClN2O3/c1-14(2)27-19-9-8-16(22)12-18(19)21(26)23-13-15-5-3-6-17(11-15)24-10-4-7-20(24)25/h3,5-6,8-9,11-12,14H,4,7,10,13H2,1-2H3,(H,23,26). The Bertz CT molecular complexity index is 851. The van der Waals surface area contributed by atoms with Gasteiger partial charge in [0.05, 0.1) is 11.7 Å². The lowest BCUT2D eigenvalue weighted by Gasteiger charge is -2.17. The van der Waals surface area contributed by atoms with Crippen LogP contribution in [0.3, 0.4) is 0 Å². The fourth-order valence-corrected chi connectivity index (χ4v) is 3.24. The van der Waals surface area contributed by atoms with E-state index in [1.807, 2.05) is 38.1 Å². The van der Waals surface area contributed by atoms with E-state index in [-0.39, 0.29) is 17.9 Å². The van der Waals surface area contributed by atoms with Crippen LogP contribution < -0.4 is 15.0 Å². The van der Waals surface area contributed by atoms with Crippen molar-refractivity contribution in [3.05, 3.63) is 58.6 Å². The second-order valence-electron chi connectivity index (χ2n) is 6.81. The van der Waals surface area contributed by atoms with Gasteiger partial charge in [-0.05, 0) is 56.2 Å². The molecule has 0 aliphatic carbocycles. The van der Waals surface area contributed by atoms with Crippen LogP contribution in [0.4, 0.5) is 5.69 Å². The second kappa shape index (κ2) is 8.44. The molecular formula is C21H23ClN2O3. The van der Waals surface area contributed by atoms with Crippen LogP contribution >= 0.6 is 11.6 Å². The Kier molecular flexibility index (Phi) is 6.01. The molecule has 0 unspecified atom stereocenters. The van der Waals surface area contributed by atoms with Crippen molar-refractivity contribution >= 4 is 29.1 Å². The predicted octanol–water partition coefficient (Wildman–Crippen LogP) is 4.18. The normalized spacial score (nSPS) is 13.9. The van der Waals surface area contributed by atoms with Crippen LogP contribution in [0, 0.1) is 0 Å². The number of carbonyl (C=O) groups is 2. The van der Waals surface area contributed by atoms with E-state index in [2.05, 4.69) is 5.32 Å². The second-order valence-corrected chi connectivity index (χ2v) is 7.25. The number of benzene rings is 2. The number of ether oxygens (including phenoxy) is 1. The highest BCUT2D eigenvalue weighted by Gasteiger charge is 2.21. The van der Waals surface area contributed by atoms with E-state index in [4.69, 9.17) is 16.3 Å². The van der Waals surface area contributed by atoms with Crippen molar-refractivity contribution < 1.29 is 14.3 Å². The van der Waals surface area contributed by atoms with Crippen LogP contribution in [0.5, 0.6) is 5.75 Å². The van der Waals surface area contributed by atoms with Crippen LogP contribution in [-0.4, -0.2) is 24.5 Å². The Hall–Kier alpha value is -2.53. The van der Waals surface area contributed by atoms with E-state index in [1.54, 1.807) is 23.1 Å². The molecule has 2 aromatic carbocycles. The average Bonchev–Trinajstić information content (AvgIpc) is 3.07. The molecule has 0 aromatic heterocycles. The topological polar surface area (TPSA) is 58.6 Å². The maximum atomic E-state index is 12.7. The van der Waals surface area contributed by atoms with Gasteiger partial charge in [-0.3, -0.25) is 9.59 Å². The first-order chi connectivity index (χ1) is 12.9. The van der Waals surface area contributed by atoms with E-state index in [1.165, 1.54) is 0 Å². The fourth-order valence-electron chi connectivity index (χ4n) is 3.07. The molecule has 2 amide bonds. The summed E-state index contributed by atoms with van der Waals surface area (Å²) in [6, 6.07) is 12.7. The highest BCUT2D eigenvalue weighted by molar-refractivity contribution is 6.31. The monoisotopic (exact) mass is 386 g/mol. The number of nitrogens with zero attached hydrogens (tertiary/aromatic N) is 1. The molecule has 1 aliphatic heterocycles. The molecule has 142 valence electrons. The summed E-state index contributed by atoms with van der Waals surface area (Å²) in [5.74, 6) is 0.393. The van der Waals surface area contributed by atoms with E-state index < -0.39 is 0 Å². The smallest absolute Gasteiger partial charge is 0.255 e. The van der Waals surface area contributed by atoms with Gasteiger partial charge in [0.1, 0.15) is 5.75 Å². The summed E-state index contributed by atoms with van der Waals surface area (Å²) >= 11 is 6.05. The lowest BCUT2D eigenvalue weighted by atomic mass is 10.1. The molecule has 1 fully saturated rings. The average molecular weight is 387 g/mol. The Balaban J connectivity index is 1.71. The Labute approximate surface area is 164 Å². The van der Waals surface area contributed by atoms with Crippen LogP contribution in [0.25, 0.3) is 0 Å². The number of nitrogens with one attached hydrogen (secondary N) is 1. The lowest BCUT2D eigenvalue weighted by Crippen LogP contribution is -2.25. The molecule has 6 heteroatoms. The third-order valence-electron chi connectivity index (χ3n) is 4.30. The molecule has 0 bridgehead atoms. The summed E-state index contributed by atoms with van der Waals surface area (Å²) in [5.41, 5.74) is 2.20. The highest BCUT2D eigenvalue weighted by Crippen LogP contribution is 2.25. The molecule has 0 atom stereocenters. The first kappa shape index (κ1) is 19.2. The molecule has 5 nitrogen and oxygen atoms in total. The molecule has 3 rings (SSSR count). The van der Waals surface area contributed by atoms with Crippen molar-refractivity contribution in [3.63, 3.8) is 0 Å². The molecule has 0 saturated carbocycles. The van der Waals surface area contributed by atoms with E-state index in [0.29, 0.717) is 29.3 Å². The molecule has 0 spiro atoms. The Morgan fingerprint density at radius 3 is 2.78 bits per heavy atom. The first-order valence-corrected chi connectivity index (χ1v) is 9.45. The van der Waals surface area contributed by atoms with Gasteiger partial charge in [0.15, 0.2) is 0 Å². The van der Waals surface area contributed by atoms with Gasteiger partial charge in [-0.2, -0.15) is 0 Å². The molecule has 1 N–H and O–H groups in total. The molecule has 1 saturated heterocycles. The van der Waals surface area contributed by atoms with Crippen molar-refractivity contribution in [2.45, 2.75) is 39.3 Å². The summed E-state index contributed by atoms with van der Waals surface area (Å²) in [5, 5.41) is 3.38. The zero-order valence-corrected chi connectivity index (χ0v) is 16.3. The molecule has 27 heavy (non-hydrogen) atoms. The minimum Gasteiger partial charge on any atom is -0.490 e. The van der Waals surface area contributed by atoms with E-state index in [9.17, 15) is 9.59 Å². The fraction of sp³-hybridized carbons (Fsp3) is 0.333. The largest absolute Gasteiger partial charge is 0.490 e. The van der Waals surface area contributed by atoms with Crippen LogP contribution in [0.1, 0.15) is 42.6 Å². The Morgan fingerprint density at radius 1 is 1.26 bits per heavy atom. The maximum Gasteiger partial charge on any atom is 0.255 e. The van der Waals surface area contributed by atoms with Gasteiger partial charge in [-0.1, -0.05) is 23.7 Å². The number of rotatable bonds is 6. The van der Waals surface area contributed by atoms with Crippen molar-refractivity contribution in [1.29, 1.82) is 0 Å². The van der Waals surface area contributed by atoms with E-state index in [0.717, 1.165) is 24.2 Å². The quantitative estimate of drug-likeness (QED) is 0.810. The Morgan fingerprint density at radius 2 is 2.07 bits per heavy atom. The third kappa shape index (κ3) is 4.80. The number of carbonyl (C=O) groups excluding carboxylic acids is 2. The van der Waals surface area contributed by atoms with Gasteiger partial charge >= 0.3 is 0 Å². The van der Waals surface area contributed by atoms with Gasteiger partial charge in [0, 0.05) is 30.2 Å². The van der Waals surface area contributed by atoms with Crippen molar-refractivity contribution in [3.8, 4) is 5.75 Å². The molecular weight excluding hydrogens is 364 g/mol. The van der Waals surface area contributed by atoms with Gasteiger partial charge in [-0.25, -0.2) is 0 Å². The zero-order valence-electron chi connectivity index (χ0n) is 15.5. The summed E-state index contributed by atoms with van der Waals surface area (Å²) in [4.78, 5) is 26.4. The summed E-state index contributed by atoms with van der Waals surface area (Å²) in [6.45, 7) is 4.90. The number of anilines is 1. The summed E-state index contributed by atoms with van der Waals surface area (Å²) in [6.07, 6.45) is 1.43. The van der Waals surface area contributed by atoms with Crippen molar-refractivity contribution in [2.24, 2.45) is 0 Å². The van der Waals surface area contributed by atoms with Crippen molar-refractivity contribution in [1.82, 2.24) is 5.32 Å². The maximum absolute atomic E-state index is 12.7. The van der Waals surface area contributed by atoms with Crippen LogP contribution in [0.15, 0.2) is 42.5 Å². The number of hydrogen-bond acceptors (Lipinski definition) is 3. The number of halogens is 1. The van der Waals surface area contributed by atoms with E-state index >= 15 is 0 Å². The van der Waals surface area contributed by atoms with Gasteiger partial charge in [0.2, 0.25) is 5.91 Å². The summed E-state index contributed by atoms with van der Waals surface area (Å²) < 4.78 is 5.71.